The molecule has 1 fully saturated rings. The van der Waals surface area contributed by atoms with Crippen molar-refractivity contribution in [2.75, 3.05) is 13.1 Å². The monoisotopic (exact) mass is 302 g/mol. The summed E-state index contributed by atoms with van der Waals surface area (Å²) in [5.74, 6) is -0.498. The van der Waals surface area contributed by atoms with E-state index in [0.717, 1.165) is 5.39 Å². The Morgan fingerprint density at radius 3 is 2.59 bits per heavy atom. The fourth-order valence-electron chi connectivity index (χ4n) is 2.93. The molecule has 1 aliphatic rings. The number of nitrogens with two attached hydrogens (primary N) is 1. The summed E-state index contributed by atoms with van der Waals surface area (Å²) in [5.41, 5.74) is 6.13. The summed E-state index contributed by atoms with van der Waals surface area (Å²) < 4.78 is 1.85. The van der Waals surface area contributed by atoms with Crippen molar-refractivity contribution < 1.29 is 14.7 Å². The number of nitrogens with zero attached hydrogens (tertiary/aromatic N) is 3. The van der Waals surface area contributed by atoms with Crippen LogP contribution in [0.3, 0.4) is 0 Å². The number of likely N-dealkylation sites (tertiary alicyclic amines) is 1. The van der Waals surface area contributed by atoms with Gasteiger partial charge in [0.15, 0.2) is 0 Å². The molecule has 0 radical (unpaired) electrons. The highest BCUT2D eigenvalue weighted by Crippen LogP contribution is 2.31. The summed E-state index contributed by atoms with van der Waals surface area (Å²) in [4.78, 5) is 23.9. The number of aromatic nitrogens is 2. The number of amides is 2. The summed E-state index contributed by atoms with van der Waals surface area (Å²) in [5, 5.41) is 14.5. The summed E-state index contributed by atoms with van der Waals surface area (Å²) in [6.45, 7) is 3.01. The predicted molar refractivity (Wildman–Crippen MR) is 80.7 cm³/mol. The van der Waals surface area contributed by atoms with E-state index in [0.29, 0.717) is 37.0 Å². The van der Waals surface area contributed by atoms with Crippen LogP contribution in [0.4, 0.5) is 4.79 Å². The molecule has 0 spiro atoms. The van der Waals surface area contributed by atoms with Gasteiger partial charge in [0.1, 0.15) is 5.52 Å². The van der Waals surface area contributed by atoms with Crippen LogP contribution < -0.4 is 5.73 Å². The lowest BCUT2D eigenvalue weighted by Crippen LogP contribution is -2.46. The molecule has 0 atom stereocenters. The molecule has 0 aliphatic carbocycles. The highest BCUT2D eigenvalue weighted by atomic mass is 16.4. The summed E-state index contributed by atoms with van der Waals surface area (Å²) in [6, 6.07) is 5.34. The van der Waals surface area contributed by atoms with Gasteiger partial charge in [0.2, 0.25) is 0 Å². The van der Waals surface area contributed by atoms with Gasteiger partial charge in [-0.25, -0.2) is 4.79 Å². The first kappa shape index (κ1) is 14.4. The molecule has 0 unspecified atom stereocenters. The van der Waals surface area contributed by atoms with Crippen LogP contribution in [0.15, 0.2) is 24.4 Å². The molecule has 1 aliphatic heterocycles. The number of carbonyl (C=O) groups excluding carboxylic acids is 1. The third-order valence-electron chi connectivity index (χ3n) is 4.47. The number of piperidine rings is 1. The number of fused-ring (bicyclic) bond motifs is 1. The minimum atomic E-state index is -0.885. The summed E-state index contributed by atoms with van der Waals surface area (Å²) in [6.07, 6.45) is 2.38. The molecule has 1 aromatic heterocycles. The quantitative estimate of drug-likeness (QED) is 0.880. The second kappa shape index (κ2) is 5.01. The average Bonchev–Trinajstić information content (AvgIpc) is 2.92. The van der Waals surface area contributed by atoms with E-state index in [9.17, 15) is 9.59 Å². The van der Waals surface area contributed by atoms with Gasteiger partial charge in [-0.3, -0.25) is 9.48 Å². The smallest absolute Gasteiger partial charge is 0.407 e. The van der Waals surface area contributed by atoms with Gasteiger partial charge < -0.3 is 15.7 Å². The van der Waals surface area contributed by atoms with Crippen molar-refractivity contribution in [2.24, 2.45) is 5.73 Å². The van der Waals surface area contributed by atoms with E-state index in [1.807, 2.05) is 16.9 Å². The Hall–Kier alpha value is -2.57. The van der Waals surface area contributed by atoms with Crippen molar-refractivity contribution in [1.29, 1.82) is 0 Å². The highest BCUT2D eigenvalue weighted by molar-refractivity contribution is 6.04. The number of primary amides is 1. The van der Waals surface area contributed by atoms with Crippen molar-refractivity contribution in [3.63, 3.8) is 0 Å². The van der Waals surface area contributed by atoms with Crippen LogP contribution in [0.5, 0.6) is 0 Å². The maximum atomic E-state index is 11.5. The van der Waals surface area contributed by atoms with Crippen molar-refractivity contribution >= 4 is 22.9 Å². The molecule has 0 bridgehead atoms. The van der Waals surface area contributed by atoms with Gasteiger partial charge in [-0.1, -0.05) is 12.1 Å². The van der Waals surface area contributed by atoms with Crippen LogP contribution in [0.2, 0.25) is 0 Å². The van der Waals surface area contributed by atoms with Gasteiger partial charge in [0, 0.05) is 24.7 Å². The standard InChI is InChI=1S/C15H18N4O3/c1-15(5-7-18(8-6-15)14(21)22)19-9-10-3-2-4-11(13(16)20)12(10)17-19/h2-4,9H,5-8H2,1H3,(H2,16,20)(H,21,22). The number of benzene rings is 1. The normalized spacial score (nSPS) is 17.6. The van der Waals surface area contributed by atoms with Crippen molar-refractivity contribution in [1.82, 2.24) is 14.7 Å². The van der Waals surface area contributed by atoms with Crippen LogP contribution >= 0.6 is 0 Å². The number of carboxylic acid groups (broad SMARTS) is 1. The minimum Gasteiger partial charge on any atom is -0.465 e. The van der Waals surface area contributed by atoms with Crippen molar-refractivity contribution in [2.45, 2.75) is 25.3 Å². The maximum absolute atomic E-state index is 11.5. The zero-order valence-electron chi connectivity index (χ0n) is 12.3. The van der Waals surface area contributed by atoms with Gasteiger partial charge in [-0.15, -0.1) is 0 Å². The maximum Gasteiger partial charge on any atom is 0.407 e. The first-order valence-corrected chi connectivity index (χ1v) is 7.17. The molecule has 1 aromatic carbocycles. The molecule has 3 N–H and O–H groups in total. The van der Waals surface area contributed by atoms with Crippen LogP contribution in [-0.4, -0.2) is 44.9 Å². The lowest BCUT2D eigenvalue weighted by Gasteiger charge is -2.38. The third-order valence-corrected chi connectivity index (χ3v) is 4.47. The third kappa shape index (κ3) is 2.28. The lowest BCUT2D eigenvalue weighted by molar-refractivity contribution is 0.0953. The number of carbonyl (C=O) groups is 2. The molecule has 116 valence electrons. The SMILES string of the molecule is CC1(n2cc3cccc(C(N)=O)c3n2)CCN(C(=O)O)CC1. The summed E-state index contributed by atoms with van der Waals surface area (Å²) in [7, 11) is 0. The zero-order chi connectivity index (χ0) is 15.9. The molecule has 7 nitrogen and oxygen atoms in total. The highest BCUT2D eigenvalue weighted by Gasteiger charge is 2.34. The van der Waals surface area contributed by atoms with Crippen LogP contribution in [0.1, 0.15) is 30.1 Å². The molecular formula is C15H18N4O3. The Labute approximate surface area is 127 Å². The Morgan fingerprint density at radius 2 is 2.00 bits per heavy atom. The largest absolute Gasteiger partial charge is 0.465 e. The van der Waals surface area contributed by atoms with Crippen LogP contribution in [0.25, 0.3) is 10.9 Å². The van der Waals surface area contributed by atoms with Gasteiger partial charge in [0.25, 0.3) is 5.91 Å². The van der Waals surface area contributed by atoms with Gasteiger partial charge in [0.05, 0.1) is 11.1 Å². The molecule has 2 heterocycles. The first-order chi connectivity index (χ1) is 10.4. The lowest BCUT2D eigenvalue weighted by atomic mass is 9.90. The van der Waals surface area contributed by atoms with Crippen molar-refractivity contribution in [3.8, 4) is 0 Å². The van der Waals surface area contributed by atoms with Crippen LogP contribution in [0, 0.1) is 0 Å². The van der Waals surface area contributed by atoms with Crippen molar-refractivity contribution in [3.05, 3.63) is 30.0 Å². The van der Waals surface area contributed by atoms with Gasteiger partial charge in [-0.05, 0) is 25.8 Å². The molecule has 2 amide bonds. The Balaban J connectivity index is 1.95. The van der Waals surface area contributed by atoms with E-state index in [1.54, 1.807) is 12.1 Å². The van der Waals surface area contributed by atoms with Gasteiger partial charge >= 0.3 is 6.09 Å². The van der Waals surface area contributed by atoms with E-state index in [2.05, 4.69) is 12.0 Å². The predicted octanol–water partition coefficient (Wildman–Crippen LogP) is 1.62. The number of rotatable bonds is 2. The number of hydrogen-bond acceptors (Lipinski definition) is 3. The van der Waals surface area contributed by atoms with E-state index in [4.69, 9.17) is 10.8 Å². The molecule has 0 saturated carbocycles. The Bertz CT molecular complexity index is 744. The van der Waals surface area contributed by atoms with Crippen LogP contribution in [-0.2, 0) is 5.54 Å². The summed E-state index contributed by atoms with van der Waals surface area (Å²) >= 11 is 0. The molecule has 1 saturated heterocycles. The second-order valence-corrected chi connectivity index (χ2v) is 5.95. The first-order valence-electron chi connectivity index (χ1n) is 7.17. The minimum absolute atomic E-state index is 0.264. The molecule has 3 rings (SSSR count). The zero-order valence-corrected chi connectivity index (χ0v) is 12.3. The topological polar surface area (TPSA) is 101 Å². The molecule has 22 heavy (non-hydrogen) atoms. The number of hydrogen-bond donors (Lipinski definition) is 2. The van der Waals surface area contributed by atoms with E-state index >= 15 is 0 Å². The Morgan fingerprint density at radius 1 is 1.32 bits per heavy atom. The van der Waals surface area contributed by atoms with Gasteiger partial charge in [-0.2, -0.15) is 5.10 Å². The molecular weight excluding hydrogens is 284 g/mol. The van der Waals surface area contributed by atoms with E-state index < -0.39 is 12.0 Å². The fourth-order valence-corrected chi connectivity index (χ4v) is 2.93. The average molecular weight is 302 g/mol. The second-order valence-electron chi connectivity index (χ2n) is 5.95. The van der Waals surface area contributed by atoms with E-state index in [-0.39, 0.29) is 5.54 Å². The fraction of sp³-hybridized carbons (Fsp3) is 0.400. The molecule has 7 heteroatoms. The Kier molecular flexibility index (Phi) is 3.27. The van der Waals surface area contributed by atoms with E-state index in [1.165, 1.54) is 4.90 Å². The molecule has 2 aromatic rings.